The van der Waals surface area contributed by atoms with E-state index in [2.05, 4.69) is 29.0 Å². The van der Waals surface area contributed by atoms with E-state index in [0.29, 0.717) is 11.7 Å². The molecule has 0 unspecified atom stereocenters. The summed E-state index contributed by atoms with van der Waals surface area (Å²) < 4.78 is 0. The Kier molecular flexibility index (Phi) is 4.24. The van der Waals surface area contributed by atoms with Gasteiger partial charge in [0.25, 0.3) is 0 Å². The Hall–Kier alpha value is -1.78. The third-order valence-corrected chi connectivity index (χ3v) is 4.05. The molecule has 19 heavy (non-hydrogen) atoms. The second-order valence-electron chi connectivity index (χ2n) is 5.41. The van der Waals surface area contributed by atoms with E-state index in [1.807, 2.05) is 12.1 Å². The van der Waals surface area contributed by atoms with Gasteiger partial charge in [-0.1, -0.05) is 12.1 Å². The van der Waals surface area contributed by atoms with Crippen molar-refractivity contribution in [2.45, 2.75) is 38.6 Å². The van der Waals surface area contributed by atoms with Crippen molar-refractivity contribution >= 4 is 11.5 Å². The lowest BCUT2D eigenvalue weighted by molar-refractivity contribution is 0.318. The first-order valence-corrected chi connectivity index (χ1v) is 6.78. The second kappa shape index (κ2) is 5.91. The first-order chi connectivity index (χ1) is 9.11. The maximum atomic E-state index is 8.70. The van der Waals surface area contributed by atoms with Gasteiger partial charge in [0.2, 0.25) is 0 Å². The van der Waals surface area contributed by atoms with E-state index < -0.39 is 0 Å². The van der Waals surface area contributed by atoms with Crippen LogP contribution < -0.4 is 10.6 Å². The number of oxime groups is 1. The highest BCUT2D eigenvalue weighted by Gasteiger charge is 2.22. The van der Waals surface area contributed by atoms with E-state index in [0.717, 1.165) is 11.6 Å². The Bertz CT molecular complexity index is 453. The third-order valence-electron chi connectivity index (χ3n) is 4.05. The molecule has 104 valence electrons. The Morgan fingerprint density at radius 1 is 1.42 bits per heavy atom. The Balaban J connectivity index is 2.13. The van der Waals surface area contributed by atoms with Crippen LogP contribution in [0.25, 0.3) is 0 Å². The molecule has 1 aliphatic carbocycles. The minimum absolute atomic E-state index is 0.0486. The van der Waals surface area contributed by atoms with Crippen LogP contribution in [0.15, 0.2) is 23.5 Å². The standard InChI is InChI=1S/C14H22N4O/c1-10-3-5-11(6-4-10)18(2)12-7-8-16-13(9-12)14(15)17-19/h7-11,19H,3-6H2,1-2H3,(H2,15,17). The number of aromatic nitrogens is 1. The maximum absolute atomic E-state index is 8.70. The highest BCUT2D eigenvalue weighted by atomic mass is 16.4. The summed E-state index contributed by atoms with van der Waals surface area (Å²) in [5, 5.41) is 11.7. The lowest BCUT2D eigenvalue weighted by Crippen LogP contribution is -2.35. The van der Waals surface area contributed by atoms with Gasteiger partial charge >= 0.3 is 0 Å². The number of anilines is 1. The summed E-state index contributed by atoms with van der Waals surface area (Å²) in [4.78, 5) is 6.39. The molecule has 1 aliphatic rings. The molecule has 3 N–H and O–H groups in total. The number of rotatable bonds is 3. The summed E-state index contributed by atoms with van der Waals surface area (Å²) in [5.41, 5.74) is 7.16. The molecule has 5 nitrogen and oxygen atoms in total. The largest absolute Gasteiger partial charge is 0.409 e. The van der Waals surface area contributed by atoms with Crippen molar-refractivity contribution in [3.8, 4) is 0 Å². The van der Waals surface area contributed by atoms with Crippen molar-refractivity contribution in [2.24, 2.45) is 16.8 Å². The molecule has 0 bridgehead atoms. The molecule has 0 aromatic carbocycles. The van der Waals surface area contributed by atoms with Crippen molar-refractivity contribution in [2.75, 3.05) is 11.9 Å². The van der Waals surface area contributed by atoms with Gasteiger partial charge in [-0.2, -0.15) is 0 Å². The molecule has 2 rings (SSSR count). The number of pyridine rings is 1. The molecule has 0 saturated heterocycles. The van der Waals surface area contributed by atoms with E-state index in [9.17, 15) is 0 Å². The number of nitrogens with two attached hydrogens (primary N) is 1. The number of hydrogen-bond donors (Lipinski definition) is 2. The normalized spacial score (nSPS) is 24.2. The molecule has 1 heterocycles. The smallest absolute Gasteiger partial charge is 0.188 e. The van der Waals surface area contributed by atoms with Crippen molar-refractivity contribution < 1.29 is 5.21 Å². The molecule has 1 aromatic heterocycles. The fourth-order valence-electron chi connectivity index (χ4n) is 2.67. The van der Waals surface area contributed by atoms with Gasteiger partial charge in [0.05, 0.1) is 0 Å². The third kappa shape index (κ3) is 3.16. The maximum Gasteiger partial charge on any atom is 0.188 e. The average Bonchev–Trinajstić information content (AvgIpc) is 2.46. The number of amidine groups is 1. The van der Waals surface area contributed by atoms with Crippen LogP contribution in [0, 0.1) is 5.92 Å². The molecule has 0 atom stereocenters. The van der Waals surface area contributed by atoms with Crippen LogP contribution in [0.5, 0.6) is 0 Å². The zero-order valence-corrected chi connectivity index (χ0v) is 11.6. The molecule has 1 aromatic rings. The molecule has 0 radical (unpaired) electrons. The summed E-state index contributed by atoms with van der Waals surface area (Å²) >= 11 is 0. The summed E-state index contributed by atoms with van der Waals surface area (Å²) in [6, 6.07) is 4.40. The fraction of sp³-hybridized carbons (Fsp3) is 0.571. The van der Waals surface area contributed by atoms with E-state index in [-0.39, 0.29) is 5.84 Å². The second-order valence-corrected chi connectivity index (χ2v) is 5.41. The number of nitrogens with zero attached hydrogens (tertiary/aromatic N) is 3. The minimum Gasteiger partial charge on any atom is -0.409 e. The lowest BCUT2D eigenvalue weighted by Gasteiger charge is -2.35. The van der Waals surface area contributed by atoms with E-state index in [4.69, 9.17) is 10.9 Å². The molecular formula is C14H22N4O. The zero-order chi connectivity index (χ0) is 13.8. The van der Waals surface area contributed by atoms with Crippen molar-refractivity contribution in [1.82, 2.24) is 4.98 Å². The van der Waals surface area contributed by atoms with Crippen molar-refractivity contribution in [3.05, 3.63) is 24.0 Å². The van der Waals surface area contributed by atoms with E-state index in [1.165, 1.54) is 25.7 Å². The van der Waals surface area contributed by atoms with E-state index in [1.54, 1.807) is 6.20 Å². The quantitative estimate of drug-likeness (QED) is 0.379. The summed E-state index contributed by atoms with van der Waals surface area (Å²) in [6.07, 6.45) is 6.71. The van der Waals surface area contributed by atoms with Gasteiger partial charge < -0.3 is 15.8 Å². The van der Waals surface area contributed by atoms with Crippen LogP contribution in [0.3, 0.4) is 0 Å². The summed E-state index contributed by atoms with van der Waals surface area (Å²) in [6.45, 7) is 2.32. The van der Waals surface area contributed by atoms with Crippen LogP contribution in [-0.4, -0.2) is 29.1 Å². The molecule has 0 amide bonds. The van der Waals surface area contributed by atoms with Crippen LogP contribution in [0.1, 0.15) is 38.3 Å². The Morgan fingerprint density at radius 2 is 2.11 bits per heavy atom. The fourth-order valence-corrected chi connectivity index (χ4v) is 2.67. The van der Waals surface area contributed by atoms with Crippen LogP contribution in [-0.2, 0) is 0 Å². The van der Waals surface area contributed by atoms with Crippen molar-refractivity contribution in [1.29, 1.82) is 0 Å². The van der Waals surface area contributed by atoms with Gasteiger partial charge in [0, 0.05) is 25.0 Å². The minimum atomic E-state index is 0.0486. The Labute approximate surface area is 114 Å². The average molecular weight is 262 g/mol. The summed E-state index contributed by atoms with van der Waals surface area (Å²) in [5.74, 6) is 0.891. The van der Waals surface area contributed by atoms with Gasteiger partial charge in [-0.15, -0.1) is 0 Å². The first-order valence-electron chi connectivity index (χ1n) is 6.78. The van der Waals surface area contributed by atoms with Gasteiger partial charge in [-0.05, 0) is 43.7 Å². The topological polar surface area (TPSA) is 74.7 Å². The van der Waals surface area contributed by atoms with Crippen LogP contribution in [0.4, 0.5) is 5.69 Å². The highest BCUT2D eigenvalue weighted by molar-refractivity contribution is 5.95. The summed E-state index contributed by atoms with van der Waals surface area (Å²) in [7, 11) is 2.10. The molecule has 1 fully saturated rings. The molecule has 1 saturated carbocycles. The van der Waals surface area contributed by atoms with Gasteiger partial charge in [-0.25, -0.2) is 0 Å². The monoisotopic (exact) mass is 262 g/mol. The van der Waals surface area contributed by atoms with Gasteiger partial charge in [-0.3, -0.25) is 4.98 Å². The predicted molar refractivity (Wildman–Crippen MR) is 76.6 cm³/mol. The van der Waals surface area contributed by atoms with Crippen LogP contribution >= 0.6 is 0 Å². The number of hydrogen-bond acceptors (Lipinski definition) is 4. The first kappa shape index (κ1) is 13.6. The SMILES string of the molecule is CC1CCC(N(C)c2ccnc(C(N)=NO)c2)CC1. The zero-order valence-electron chi connectivity index (χ0n) is 11.6. The predicted octanol–water partition coefficient (Wildman–Crippen LogP) is 2.19. The Morgan fingerprint density at radius 3 is 2.74 bits per heavy atom. The van der Waals surface area contributed by atoms with Crippen LogP contribution in [0.2, 0.25) is 0 Å². The van der Waals surface area contributed by atoms with Gasteiger partial charge in [0.1, 0.15) is 5.69 Å². The molecular weight excluding hydrogens is 240 g/mol. The van der Waals surface area contributed by atoms with Gasteiger partial charge in [0.15, 0.2) is 5.84 Å². The van der Waals surface area contributed by atoms with Crippen molar-refractivity contribution in [3.63, 3.8) is 0 Å². The molecule has 0 spiro atoms. The lowest BCUT2D eigenvalue weighted by atomic mass is 9.86. The van der Waals surface area contributed by atoms with E-state index >= 15 is 0 Å². The highest BCUT2D eigenvalue weighted by Crippen LogP contribution is 2.29. The molecule has 0 aliphatic heterocycles. The molecule has 5 heteroatoms.